The van der Waals surface area contributed by atoms with Crippen LogP contribution in [-0.2, 0) is 4.79 Å². The molecule has 1 saturated heterocycles. The van der Waals surface area contributed by atoms with Crippen LogP contribution < -0.4 is 10.1 Å². The number of rotatable bonds is 7. The third-order valence-corrected chi connectivity index (χ3v) is 4.10. The smallest absolute Gasteiger partial charge is 0.237 e. The second kappa shape index (κ2) is 8.76. The standard InChI is InChI=1S/C17H27N3O2/c1-3-18-17(21)15(2)20-11-9-19(10-12-20)13-14-22-16-7-5-4-6-8-16/h4-8,15H,3,9-14H2,1-2H3,(H,18,21)/t15-/m1/s1. The van der Waals surface area contributed by atoms with Gasteiger partial charge in [-0.25, -0.2) is 0 Å². The molecule has 1 aromatic carbocycles. The Kier molecular flexibility index (Phi) is 6.68. The first-order valence-corrected chi connectivity index (χ1v) is 8.12. The molecule has 2 rings (SSSR count). The molecule has 0 bridgehead atoms. The minimum atomic E-state index is -0.0392. The number of para-hydroxylation sites is 1. The van der Waals surface area contributed by atoms with Crippen LogP contribution in [0.2, 0.25) is 0 Å². The van der Waals surface area contributed by atoms with Gasteiger partial charge in [0.2, 0.25) is 5.91 Å². The highest BCUT2D eigenvalue weighted by Gasteiger charge is 2.24. The van der Waals surface area contributed by atoms with E-state index in [1.54, 1.807) is 0 Å². The maximum Gasteiger partial charge on any atom is 0.237 e. The lowest BCUT2D eigenvalue weighted by molar-refractivity contribution is -0.126. The van der Waals surface area contributed by atoms with Crippen LogP contribution in [0, 0.1) is 0 Å². The topological polar surface area (TPSA) is 44.8 Å². The van der Waals surface area contributed by atoms with Crippen LogP contribution in [0.15, 0.2) is 30.3 Å². The van der Waals surface area contributed by atoms with E-state index in [9.17, 15) is 4.79 Å². The van der Waals surface area contributed by atoms with Gasteiger partial charge in [-0.1, -0.05) is 18.2 Å². The second-order valence-electron chi connectivity index (χ2n) is 5.61. The van der Waals surface area contributed by atoms with Crippen LogP contribution in [0.5, 0.6) is 5.75 Å². The monoisotopic (exact) mass is 305 g/mol. The highest BCUT2D eigenvalue weighted by atomic mass is 16.5. The third kappa shape index (κ3) is 5.00. The average Bonchev–Trinajstić information content (AvgIpc) is 2.56. The fraction of sp³-hybridized carbons (Fsp3) is 0.588. The molecule has 1 aromatic rings. The number of benzene rings is 1. The van der Waals surface area contributed by atoms with E-state index >= 15 is 0 Å². The van der Waals surface area contributed by atoms with Crippen molar-refractivity contribution in [2.45, 2.75) is 19.9 Å². The Hall–Kier alpha value is -1.59. The van der Waals surface area contributed by atoms with Gasteiger partial charge in [-0.05, 0) is 26.0 Å². The maximum atomic E-state index is 11.9. The fourth-order valence-corrected chi connectivity index (χ4v) is 2.67. The van der Waals surface area contributed by atoms with Crippen molar-refractivity contribution in [2.75, 3.05) is 45.9 Å². The molecule has 0 spiro atoms. The Morgan fingerprint density at radius 2 is 1.91 bits per heavy atom. The minimum absolute atomic E-state index is 0.0392. The maximum absolute atomic E-state index is 11.9. The van der Waals surface area contributed by atoms with Crippen molar-refractivity contribution in [3.63, 3.8) is 0 Å². The number of carbonyl (C=O) groups is 1. The van der Waals surface area contributed by atoms with Gasteiger partial charge in [0.05, 0.1) is 6.04 Å². The summed E-state index contributed by atoms with van der Waals surface area (Å²) in [6, 6.07) is 9.87. The van der Waals surface area contributed by atoms with Crippen LogP contribution in [0.1, 0.15) is 13.8 Å². The molecule has 1 heterocycles. The summed E-state index contributed by atoms with van der Waals surface area (Å²) in [5.74, 6) is 1.05. The Balaban J connectivity index is 1.65. The first-order valence-electron chi connectivity index (χ1n) is 8.12. The van der Waals surface area contributed by atoms with E-state index in [0.717, 1.165) is 38.5 Å². The molecule has 0 saturated carbocycles. The zero-order valence-electron chi connectivity index (χ0n) is 13.6. The summed E-state index contributed by atoms with van der Waals surface area (Å²) in [6.45, 7) is 10.1. The van der Waals surface area contributed by atoms with Gasteiger partial charge in [-0.3, -0.25) is 14.6 Å². The molecule has 0 unspecified atom stereocenters. The molecule has 1 aliphatic heterocycles. The molecular weight excluding hydrogens is 278 g/mol. The molecule has 5 nitrogen and oxygen atoms in total. The van der Waals surface area contributed by atoms with Gasteiger partial charge < -0.3 is 10.1 Å². The SMILES string of the molecule is CCNC(=O)[C@@H](C)N1CCN(CCOc2ccccc2)CC1. The van der Waals surface area contributed by atoms with E-state index in [2.05, 4.69) is 15.1 Å². The second-order valence-corrected chi connectivity index (χ2v) is 5.61. The lowest BCUT2D eigenvalue weighted by Gasteiger charge is -2.37. The largest absolute Gasteiger partial charge is 0.492 e. The molecule has 22 heavy (non-hydrogen) atoms. The number of nitrogens with one attached hydrogen (secondary N) is 1. The minimum Gasteiger partial charge on any atom is -0.492 e. The van der Waals surface area contributed by atoms with E-state index in [1.807, 2.05) is 44.2 Å². The first kappa shape index (κ1) is 16.8. The predicted octanol–water partition coefficient (Wildman–Crippen LogP) is 1.21. The van der Waals surface area contributed by atoms with Gasteiger partial charge in [-0.15, -0.1) is 0 Å². The molecule has 1 aliphatic rings. The molecule has 0 aromatic heterocycles. The number of ether oxygens (including phenoxy) is 1. The summed E-state index contributed by atoms with van der Waals surface area (Å²) < 4.78 is 5.73. The van der Waals surface area contributed by atoms with Gasteiger partial charge >= 0.3 is 0 Å². The quantitative estimate of drug-likeness (QED) is 0.822. The average molecular weight is 305 g/mol. The van der Waals surface area contributed by atoms with Crippen molar-refractivity contribution in [1.29, 1.82) is 0 Å². The summed E-state index contributed by atoms with van der Waals surface area (Å²) in [7, 11) is 0. The van der Waals surface area contributed by atoms with Gasteiger partial charge in [-0.2, -0.15) is 0 Å². The van der Waals surface area contributed by atoms with Crippen molar-refractivity contribution < 1.29 is 9.53 Å². The molecule has 0 aliphatic carbocycles. The first-order chi connectivity index (χ1) is 10.7. The van der Waals surface area contributed by atoms with E-state index in [0.29, 0.717) is 13.2 Å². The van der Waals surface area contributed by atoms with E-state index in [4.69, 9.17) is 4.74 Å². The fourth-order valence-electron chi connectivity index (χ4n) is 2.67. The molecule has 122 valence electrons. The molecule has 1 atom stereocenters. The number of piperazine rings is 1. The summed E-state index contributed by atoms with van der Waals surface area (Å²) >= 11 is 0. The Morgan fingerprint density at radius 3 is 2.55 bits per heavy atom. The van der Waals surface area contributed by atoms with Crippen LogP contribution >= 0.6 is 0 Å². The third-order valence-electron chi connectivity index (χ3n) is 4.10. The summed E-state index contributed by atoms with van der Waals surface area (Å²) in [6.07, 6.45) is 0. The molecule has 1 N–H and O–H groups in total. The Morgan fingerprint density at radius 1 is 1.23 bits per heavy atom. The van der Waals surface area contributed by atoms with Crippen molar-refractivity contribution in [3.05, 3.63) is 30.3 Å². The van der Waals surface area contributed by atoms with Gasteiger partial charge in [0.15, 0.2) is 0 Å². The molecule has 0 radical (unpaired) electrons. The molecule has 1 fully saturated rings. The lowest BCUT2D eigenvalue weighted by atomic mass is 10.2. The van der Waals surface area contributed by atoms with Crippen molar-refractivity contribution >= 4 is 5.91 Å². The number of nitrogens with zero attached hydrogens (tertiary/aromatic N) is 2. The van der Waals surface area contributed by atoms with Crippen molar-refractivity contribution in [2.24, 2.45) is 0 Å². The normalized spacial score (nSPS) is 17.9. The summed E-state index contributed by atoms with van der Waals surface area (Å²) in [5.41, 5.74) is 0. The van der Waals surface area contributed by atoms with Gasteiger partial charge in [0, 0.05) is 39.3 Å². The number of carbonyl (C=O) groups excluding carboxylic acids is 1. The van der Waals surface area contributed by atoms with Gasteiger partial charge in [0.1, 0.15) is 12.4 Å². The van der Waals surface area contributed by atoms with Gasteiger partial charge in [0.25, 0.3) is 0 Å². The van der Waals surface area contributed by atoms with Crippen LogP contribution in [0.4, 0.5) is 0 Å². The highest BCUT2D eigenvalue weighted by molar-refractivity contribution is 5.81. The van der Waals surface area contributed by atoms with Crippen LogP contribution in [0.25, 0.3) is 0 Å². The highest BCUT2D eigenvalue weighted by Crippen LogP contribution is 2.09. The number of hydrogen-bond donors (Lipinski definition) is 1. The molecule has 1 amide bonds. The number of hydrogen-bond acceptors (Lipinski definition) is 4. The molecule has 5 heteroatoms. The summed E-state index contributed by atoms with van der Waals surface area (Å²) in [5, 5.41) is 2.89. The number of likely N-dealkylation sites (N-methyl/N-ethyl adjacent to an activating group) is 1. The Labute approximate surface area is 133 Å². The van der Waals surface area contributed by atoms with E-state index in [1.165, 1.54) is 0 Å². The zero-order valence-corrected chi connectivity index (χ0v) is 13.6. The lowest BCUT2D eigenvalue weighted by Crippen LogP contribution is -2.54. The van der Waals surface area contributed by atoms with Crippen molar-refractivity contribution in [1.82, 2.24) is 15.1 Å². The van der Waals surface area contributed by atoms with Crippen molar-refractivity contribution in [3.8, 4) is 5.75 Å². The number of amides is 1. The van der Waals surface area contributed by atoms with Crippen LogP contribution in [0.3, 0.4) is 0 Å². The zero-order chi connectivity index (χ0) is 15.8. The van der Waals surface area contributed by atoms with E-state index < -0.39 is 0 Å². The Bertz CT molecular complexity index is 444. The predicted molar refractivity (Wildman–Crippen MR) is 88.1 cm³/mol. The van der Waals surface area contributed by atoms with Crippen LogP contribution in [-0.4, -0.2) is 67.6 Å². The van der Waals surface area contributed by atoms with E-state index in [-0.39, 0.29) is 11.9 Å². The molecular formula is C17H27N3O2. The summed E-state index contributed by atoms with van der Waals surface area (Å²) in [4.78, 5) is 16.5.